The zero-order valence-corrected chi connectivity index (χ0v) is 12.1. The molecule has 0 aliphatic rings. The smallest absolute Gasteiger partial charge is 0.236 e. The highest BCUT2D eigenvalue weighted by atomic mass is 79.9. The van der Waals surface area contributed by atoms with Gasteiger partial charge in [-0.1, -0.05) is 34.1 Å². The fraction of sp³-hybridized carbons (Fsp3) is 0.462. The van der Waals surface area contributed by atoms with Crippen LogP contribution >= 0.6 is 15.9 Å². The predicted molar refractivity (Wildman–Crippen MR) is 73.9 cm³/mol. The summed E-state index contributed by atoms with van der Waals surface area (Å²) in [6, 6.07) is 8.19. The molecule has 0 fully saturated rings. The maximum Gasteiger partial charge on any atom is 0.236 e. The van der Waals surface area contributed by atoms with E-state index in [2.05, 4.69) is 34.2 Å². The predicted octanol–water partition coefficient (Wildman–Crippen LogP) is 2.58. The molecular formula is C13H19BrN2O. The Hall–Kier alpha value is -0.870. The second-order valence-electron chi connectivity index (χ2n) is 4.03. The summed E-state index contributed by atoms with van der Waals surface area (Å²) >= 11 is 3.51. The van der Waals surface area contributed by atoms with Gasteiger partial charge in [0.05, 0.1) is 6.54 Å². The molecule has 1 N–H and O–H groups in total. The molecule has 1 rings (SSSR count). The molecule has 0 heterocycles. The van der Waals surface area contributed by atoms with Crippen LogP contribution in [0.2, 0.25) is 0 Å². The third kappa shape index (κ3) is 4.13. The average molecular weight is 299 g/mol. The molecule has 0 saturated heterocycles. The number of nitrogens with zero attached hydrogens (tertiary/aromatic N) is 1. The number of benzene rings is 1. The van der Waals surface area contributed by atoms with Crippen molar-refractivity contribution >= 4 is 21.8 Å². The van der Waals surface area contributed by atoms with Gasteiger partial charge in [0.1, 0.15) is 0 Å². The van der Waals surface area contributed by atoms with Gasteiger partial charge in [0.2, 0.25) is 5.91 Å². The van der Waals surface area contributed by atoms with Gasteiger partial charge in [-0.05, 0) is 25.5 Å². The summed E-state index contributed by atoms with van der Waals surface area (Å²) in [6.07, 6.45) is 0. The van der Waals surface area contributed by atoms with Crippen LogP contribution in [-0.4, -0.2) is 30.9 Å². The van der Waals surface area contributed by atoms with Crippen molar-refractivity contribution in [3.05, 3.63) is 34.3 Å². The molecule has 1 amide bonds. The fourth-order valence-corrected chi connectivity index (χ4v) is 2.12. The van der Waals surface area contributed by atoms with Gasteiger partial charge < -0.3 is 10.2 Å². The summed E-state index contributed by atoms with van der Waals surface area (Å²) in [4.78, 5) is 13.4. The number of rotatable bonds is 5. The molecule has 1 atom stereocenters. The molecule has 94 valence electrons. The summed E-state index contributed by atoms with van der Waals surface area (Å²) in [7, 11) is 1.81. The molecule has 3 nitrogen and oxygen atoms in total. The van der Waals surface area contributed by atoms with E-state index >= 15 is 0 Å². The van der Waals surface area contributed by atoms with E-state index in [0.29, 0.717) is 6.54 Å². The molecular weight excluding hydrogens is 280 g/mol. The van der Waals surface area contributed by atoms with Crippen molar-refractivity contribution < 1.29 is 4.79 Å². The Balaban J connectivity index is 2.53. The van der Waals surface area contributed by atoms with E-state index in [1.54, 1.807) is 4.90 Å². The van der Waals surface area contributed by atoms with Crippen molar-refractivity contribution in [2.75, 3.05) is 20.1 Å². The zero-order chi connectivity index (χ0) is 12.8. The summed E-state index contributed by atoms with van der Waals surface area (Å²) in [5, 5.41) is 3.23. The third-order valence-corrected chi connectivity index (χ3v) is 3.55. The average Bonchev–Trinajstić information content (AvgIpc) is 2.35. The Bertz CT molecular complexity index is 381. The van der Waals surface area contributed by atoms with Gasteiger partial charge in [-0.3, -0.25) is 4.79 Å². The van der Waals surface area contributed by atoms with E-state index in [1.807, 2.05) is 32.2 Å². The summed E-state index contributed by atoms with van der Waals surface area (Å²) in [5.41, 5.74) is 1.17. The normalized spacial score (nSPS) is 12.2. The largest absolute Gasteiger partial charge is 0.345 e. The first kappa shape index (κ1) is 14.2. The van der Waals surface area contributed by atoms with Gasteiger partial charge in [0.25, 0.3) is 0 Å². The molecule has 0 spiro atoms. The lowest BCUT2D eigenvalue weighted by molar-refractivity contribution is -0.128. The van der Waals surface area contributed by atoms with Gasteiger partial charge in [-0.2, -0.15) is 0 Å². The molecule has 4 heteroatoms. The van der Waals surface area contributed by atoms with Crippen molar-refractivity contribution in [1.29, 1.82) is 0 Å². The van der Waals surface area contributed by atoms with Crippen molar-refractivity contribution in [2.45, 2.75) is 19.9 Å². The van der Waals surface area contributed by atoms with Gasteiger partial charge >= 0.3 is 0 Å². The van der Waals surface area contributed by atoms with Crippen LogP contribution < -0.4 is 5.32 Å². The highest BCUT2D eigenvalue weighted by Crippen LogP contribution is 2.22. The molecule has 0 radical (unpaired) electrons. The van der Waals surface area contributed by atoms with E-state index in [-0.39, 0.29) is 11.9 Å². The first-order valence-electron chi connectivity index (χ1n) is 5.78. The van der Waals surface area contributed by atoms with Crippen LogP contribution in [0.15, 0.2) is 28.7 Å². The van der Waals surface area contributed by atoms with Crippen LogP contribution in [-0.2, 0) is 4.79 Å². The van der Waals surface area contributed by atoms with Crippen molar-refractivity contribution in [3.63, 3.8) is 0 Å². The number of amides is 1. The number of halogens is 1. The molecule has 0 bridgehead atoms. The number of likely N-dealkylation sites (N-methyl/N-ethyl adjacent to an activating group) is 1. The van der Waals surface area contributed by atoms with Crippen LogP contribution in [0.1, 0.15) is 25.5 Å². The van der Waals surface area contributed by atoms with Crippen molar-refractivity contribution in [3.8, 4) is 0 Å². The Morgan fingerprint density at radius 1 is 1.47 bits per heavy atom. The summed E-state index contributed by atoms with van der Waals surface area (Å²) in [6.45, 7) is 5.13. The highest BCUT2D eigenvalue weighted by Gasteiger charge is 2.11. The van der Waals surface area contributed by atoms with Gasteiger partial charge in [-0.25, -0.2) is 0 Å². The van der Waals surface area contributed by atoms with Gasteiger partial charge in [0, 0.05) is 24.1 Å². The van der Waals surface area contributed by atoms with Gasteiger partial charge in [-0.15, -0.1) is 0 Å². The molecule has 0 unspecified atom stereocenters. The Kier molecular flexibility index (Phi) is 5.65. The minimum absolute atomic E-state index is 0.117. The SMILES string of the molecule is CCN(C)C(=O)CN[C@H](C)c1ccccc1Br. The van der Waals surface area contributed by atoms with Crippen LogP contribution in [0.5, 0.6) is 0 Å². The molecule has 0 aliphatic heterocycles. The van der Waals surface area contributed by atoms with Gasteiger partial charge in [0.15, 0.2) is 0 Å². The second kappa shape index (κ2) is 6.77. The maximum atomic E-state index is 11.6. The topological polar surface area (TPSA) is 32.3 Å². The standard InChI is InChI=1S/C13H19BrN2O/c1-4-16(3)13(17)9-15-10(2)11-7-5-6-8-12(11)14/h5-8,10,15H,4,9H2,1-3H3/t10-/m1/s1. The van der Waals surface area contributed by atoms with E-state index in [0.717, 1.165) is 11.0 Å². The van der Waals surface area contributed by atoms with E-state index in [1.165, 1.54) is 5.56 Å². The highest BCUT2D eigenvalue weighted by molar-refractivity contribution is 9.10. The Morgan fingerprint density at radius 2 is 2.12 bits per heavy atom. The quantitative estimate of drug-likeness (QED) is 0.906. The molecule has 1 aromatic carbocycles. The minimum atomic E-state index is 0.117. The van der Waals surface area contributed by atoms with E-state index < -0.39 is 0 Å². The number of carbonyl (C=O) groups excluding carboxylic acids is 1. The van der Waals surface area contributed by atoms with Crippen molar-refractivity contribution in [1.82, 2.24) is 10.2 Å². The van der Waals surface area contributed by atoms with Crippen molar-refractivity contribution in [2.24, 2.45) is 0 Å². The molecule has 1 aromatic rings. The number of nitrogens with one attached hydrogen (secondary N) is 1. The molecule has 0 aliphatic carbocycles. The Morgan fingerprint density at radius 3 is 2.71 bits per heavy atom. The van der Waals surface area contributed by atoms with Crippen LogP contribution in [0.3, 0.4) is 0 Å². The lowest BCUT2D eigenvalue weighted by Crippen LogP contribution is -2.36. The Labute approximate surface area is 111 Å². The van der Waals surface area contributed by atoms with Crippen LogP contribution in [0, 0.1) is 0 Å². The monoisotopic (exact) mass is 298 g/mol. The summed E-state index contributed by atoms with van der Waals surface area (Å²) in [5.74, 6) is 0.117. The number of carbonyl (C=O) groups is 1. The first-order chi connectivity index (χ1) is 8.06. The lowest BCUT2D eigenvalue weighted by Gasteiger charge is -2.19. The van der Waals surface area contributed by atoms with E-state index in [4.69, 9.17) is 0 Å². The number of hydrogen-bond donors (Lipinski definition) is 1. The molecule has 0 aromatic heterocycles. The molecule has 0 saturated carbocycles. The fourth-order valence-electron chi connectivity index (χ4n) is 1.49. The van der Waals surface area contributed by atoms with Crippen LogP contribution in [0.4, 0.5) is 0 Å². The molecule has 17 heavy (non-hydrogen) atoms. The maximum absolute atomic E-state index is 11.6. The summed E-state index contributed by atoms with van der Waals surface area (Å²) < 4.78 is 1.07. The second-order valence-corrected chi connectivity index (χ2v) is 4.89. The number of hydrogen-bond acceptors (Lipinski definition) is 2. The minimum Gasteiger partial charge on any atom is -0.345 e. The van der Waals surface area contributed by atoms with Crippen LogP contribution in [0.25, 0.3) is 0 Å². The zero-order valence-electron chi connectivity index (χ0n) is 10.5. The lowest BCUT2D eigenvalue weighted by atomic mass is 10.1. The third-order valence-electron chi connectivity index (χ3n) is 2.83. The van der Waals surface area contributed by atoms with E-state index in [9.17, 15) is 4.79 Å². The first-order valence-corrected chi connectivity index (χ1v) is 6.57.